The van der Waals surface area contributed by atoms with Crippen molar-refractivity contribution in [3.05, 3.63) is 37.0 Å². The van der Waals surface area contributed by atoms with E-state index in [-0.39, 0.29) is 0 Å². The molecule has 0 saturated heterocycles. The zero-order valence-corrected chi connectivity index (χ0v) is 8.59. The van der Waals surface area contributed by atoms with E-state index in [0.29, 0.717) is 0 Å². The predicted octanol–water partition coefficient (Wildman–Crippen LogP) is 3.49. The molecule has 0 heterocycles. The van der Waals surface area contributed by atoms with Crippen LogP contribution < -0.4 is 0 Å². The van der Waals surface area contributed by atoms with Crippen LogP contribution in [-0.2, 0) is 4.74 Å². The number of hydrogen-bond acceptors (Lipinski definition) is 1. The number of ether oxygens (including phenoxy) is 1. The Bertz CT molecular complexity index is 168. The third kappa shape index (κ3) is 9.09. The molecule has 1 nitrogen and oxygen atoms in total. The number of hydrogen-bond donors (Lipinski definition) is 0. The van der Waals surface area contributed by atoms with Crippen LogP contribution in [0.3, 0.4) is 0 Å². The van der Waals surface area contributed by atoms with Crippen molar-refractivity contribution in [2.45, 2.75) is 26.2 Å². The third-order valence-corrected chi connectivity index (χ3v) is 1.60. The van der Waals surface area contributed by atoms with Gasteiger partial charge in [-0.05, 0) is 19.3 Å². The van der Waals surface area contributed by atoms with E-state index in [1.54, 1.807) is 6.08 Å². The summed E-state index contributed by atoms with van der Waals surface area (Å²) in [6.45, 7) is 11.3. The lowest BCUT2D eigenvalue weighted by Crippen LogP contribution is -1.95. The second kappa shape index (κ2) is 9.27. The van der Waals surface area contributed by atoms with E-state index in [1.807, 2.05) is 12.2 Å². The Morgan fingerprint density at radius 1 is 1.38 bits per heavy atom. The van der Waals surface area contributed by atoms with Gasteiger partial charge in [0.25, 0.3) is 0 Å². The summed E-state index contributed by atoms with van der Waals surface area (Å²) >= 11 is 0. The molecule has 0 amide bonds. The lowest BCUT2D eigenvalue weighted by atomic mass is 10.1. The molecule has 0 aliphatic heterocycles. The molecular weight excluding hydrogens is 160 g/mol. The normalized spacial score (nSPS) is 10.5. The van der Waals surface area contributed by atoms with Gasteiger partial charge in [0.2, 0.25) is 0 Å². The molecule has 0 unspecified atom stereocenters. The quantitative estimate of drug-likeness (QED) is 0.410. The molecule has 0 saturated carbocycles. The molecule has 0 aromatic heterocycles. The minimum Gasteiger partial charge on any atom is -0.381 e. The topological polar surface area (TPSA) is 9.23 Å². The second-order valence-electron chi connectivity index (χ2n) is 2.97. The fraction of sp³-hybridized carbons (Fsp3) is 0.500. The highest BCUT2D eigenvalue weighted by molar-refractivity contribution is 5.17. The SMILES string of the molecule is C=C/C=C\C(=C)CCCOCCC. The van der Waals surface area contributed by atoms with Crippen LogP contribution in [0.15, 0.2) is 37.0 Å². The molecule has 0 aromatic rings. The Hall–Kier alpha value is -0.820. The van der Waals surface area contributed by atoms with Gasteiger partial charge in [0.05, 0.1) is 0 Å². The van der Waals surface area contributed by atoms with Crippen LogP contribution in [0.2, 0.25) is 0 Å². The average Bonchev–Trinajstić information content (AvgIpc) is 2.14. The average molecular weight is 180 g/mol. The van der Waals surface area contributed by atoms with Gasteiger partial charge in [0.15, 0.2) is 0 Å². The van der Waals surface area contributed by atoms with Crippen LogP contribution in [0.5, 0.6) is 0 Å². The molecule has 0 fully saturated rings. The van der Waals surface area contributed by atoms with Crippen molar-refractivity contribution in [1.82, 2.24) is 0 Å². The zero-order chi connectivity index (χ0) is 9.94. The number of allylic oxidation sites excluding steroid dienone is 4. The molecule has 13 heavy (non-hydrogen) atoms. The van der Waals surface area contributed by atoms with E-state index < -0.39 is 0 Å². The van der Waals surface area contributed by atoms with Gasteiger partial charge in [-0.3, -0.25) is 0 Å². The molecular formula is C12H20O. The van der Waals surface area contributed by atoms with Crippen molar-refractivity contribution in [3.63, 3.8) is 0 Å². The van der Waals surface area contributed by atoms with E-state index in [9.17, 15) is 0 Å². The van der Waals surface area contributed by atoms with Crippen molar-refractivity contribution in [3.8, 4) is 0 Å². The van der Waals surface area contributed by atoms with Crippen LogP contribution >= 0.6 is 0 Å². The Morgan fingerprint density at radius 2 is 2.15 bits per heavy atom. The highest BCUT2D eigenvalue weighted by Gasteiger charge is 1.90. The van der Waals surface area contributed by atoms with E-state index in [2.05, 4.69) is 20.1 Å². The summed E-state index contributed by atoms with van der Waals surface area (Å²) in [6, 6.07) is 0. The van der Waals surface area contributed by atoms with E-state index in [0.717, 1.165) is 38.0 Å². The first-order chi connectivity index (χ1) is 6.31. The van der Waals surface area contributed by atoms with E-state index in [4.69, 9.17) is 4.74 Å². The van der Waals surface area contributed by atoms with Gasteiger partial charge in [-0.25, -0.2) is 0 Å². The zero-order valence-electron chi connectivity index (χ0n) is 8.59. The van der Waals surface area contributed by atoms with Gasteiger partial charge in [-0.2, -0.15) is 0 Å². The summed E-state index contributed by atoms with van der Waals surface area (Å²) in [7, 11) is 0. The maximum Gasteiger partial charge on any atom is 0.0469 e. The highest BCUT2D eigenvalue weighted by Crippen LogP contribution is 2.04. The summed E-state index contributed by atoms with van der Waals surface area (Å²) in [5.41, 5.74) is 1.14. The van der Waals surface area contributed by atoms with Crippen LogP contribution in [0.4, 0.5) is 0 Å². The second-order valence-corrected chi connectivity index (χ2v) is 2.97. The monoisotopic (exact) mass is 180 g/mol. The molecule has 74 valence electrons. The molecule has 0 aromatic carbocycles. The minimum absolute atomic E-state index is 0.842. The Labute approximate surface area is 81.8 Å². The van der Waals surface area contributed by atoms with Crippen molar-refractivity contribution in [2.75, 3.05) is 13.2 Å². The smallest absolute Gasteiger partial charge is 0.0469 e. The summed E-state index contributed by atoms with van der Waals surface area (Å²) in [5, 5.41) is 0. The summed E-state index contributed by atoms with van der Waals surface area (Å²) in [5.74, 6) is 0. The molecule has 1 heteroatoms. The Morgan fingerprint density at radius 3 is 2.77 bits per heavy atom. The van der Waals surface area contributed by atoms with Crippen LogP contribution in [-0.4, -0.2) is 13.2 Å². The van der Waals surface area contributed by atoms with Crippen molar-refractivity contribution >= 4 is 0 Å². The molecule has 0 radical (unpaired) electrons. The minimum atomic E-state index is 0.842. The van der Waals surface area contributed by atoms with E-state index in [1.165, 1.54) is 0 Å². The molecule has 0 bridgehead atoms. The van der Waals surface area contributed by atoms with E-state index >= 15 is 0 Å². The van der Waals surface area contributed by atoms with Gasteiger partial charge < -0.3 is 4.74 Å². The summed E-state index contributed by atoms with van der Waals surface area (Å²) in [6.07, 6.45) is 8.83. The lowest BCUT2D eigenvalue weighted by molar-refractivity contribution is 0.133. The maximum atomic E-state index is 5.35. The van der Waals surface area contributed by atoms with Gasteiger partial charge in [-0.15, -0.1) is 0 Å². The third-order valence-electron chi connectivity index (χ3n) is 1.60. The standard InChI is InChI=1S/C12H20O/c1-4-6-8-12(3)9-7-11-13-10-5-2/h4,6,8H,1,3,5,7,9-11H2,2H3/b8-6-. The van der Waals surface area contributed by atoms with Crippen molar-refractivity contribution < 1.29 is 4.74 Å². The largest absolute Gasteiger partial charge is 0.381 e. The number of rotatable bonds is 8. The van der Waals surface area contributed by atoms with Gasteiger partial charge in [0, 0.05) is 13.2 Å². The fourth-order valence-electron chi connectivity index (χ4n) is 0.935. The first-order valence-corrected chi connectivity index (χ1v) is 4.86. The molecule has 0 rings (SSSR count). The maximum absolute atomic E-state index is 5.35. The van der Waals surface area contributed by atoms with Crippen molar-refractivity contribution in [2.24, 2.45) is 0 Å². The first kappa shape index (κ1) is 12.2. The first-order valence-electron chi connectivity index (χ1n) is 4.86. The lowest BCUT2D eigenvalue weighted by Gasteiger charge is -2.01. The van der Waals surface area contributed by atoms with Crippen molar-refractivity contribution in [1.29, 1.82) is 0 Å². The summed E-state index contributed by atoms with van der Waals surface area (Å²) in [4.78, 5) is 0. The molecule has 0 aliphatic rings. The Balaban J connectivity index is 3.26. The summed E-state index contributed by atoms with van der Waals surface area (Å²) < 4.78 is 5.35. The van der Waals surface area contributed by atoms with Gasteiger partial charge in [0.1, 0.15) is 0 Å². The molecule has 0 N–H and O–H groups in total. The van der Waals surface area contributed by atoms with Gasteiger partial charge >= 0.3 is 0 Å². The van der Waals surface area contributed by atoms with Crippen LogP contribution in [0, 0.1) is 0 Å². The fourth-order valence-corrected chi connectivity index (χ4v) is 0.935. The van der Waals surface area contributed by atoms with Crippen LogP contribution in [0.25, 0.3) is 0 Å². The Kier molecular flexibility index (Phi) is 8.68. The van der Waals surface area contributed by atoms with Gasteiger partial charge in [-0.1, -0.05) is 43.9 Å². The predicted molar refractivity (Wildman–Crippen MR) is 58.8 cm³/mol. The molecule has 0 atom stereocenters. The molecule has 0 spiro atoms. The molecule has 0 aliphatic carbocycles. The van der Waals surface area contributed by atoms with Crippen LogP contribution in [0.1, 0.15) is 26.2 Å². The highest BCUT2D eigenvalue weighted by atomic mass is 16.5.